The van der Waals surface area contributed by atoms with Crippen molar-refractivity contribution >= 4 is 0 Å². The van der Waals surface area contributed by atoms with Crippen LogP contribution >= 0.6 is 0 Å². The van der Waals surface area contributed by atoms with E-state index in [-0.39, 0.29) is 11.6 Å². The Morgan fingerprint density at radius 2 is 2.07 bits per heavy atom. The van der Waals surface area contributed by atoms with E-state index in [1.54, 1.807) is 7.11 Å². The first kappa shape index (κ1) is 12.0. The van der Waals surface area contributed by atoms with Crippen molar-refractivity contribution in [3.05, 3.63) is 0 Å². The van der Waals surface area contributed by atoms with Gasteiger partial charge in [0.1, 0.15) is 0 Å². The minimum atomic E-state index is -0.0796. The molecule has 0 radical (unpaired) electrons. The highest BCUT2D eigenvalue weighted by molar-refractivity contribution is 4.94. The second kappa shape index (κ2) is 5.10. The normalized spacial score (nSPS) is 24.9. The Balaban J connectivity index is 2.50. The molecule has 84 valence electrons. The van der Waals surface area contributed by atoms with E-state index in [9.17, 15) is 0 Å². The molecule has 0 aromatic heterocycles. The zero-order valence-electron chi connectivity index (χ0n) is 9.68. The molecule has 1 aliphatic carbocycles. The molecule has 1 fully saturated rings. The highest BCUT2D eigenvalue weighted by Gasteiger charge is 2.32. The maximum absolute atomic E-state index is 5.82. The topological polar surface area (TPSA) is 47.3 Å². The van der Waals surface area contributed by atoms with Crippen LogP contribution in [0.1, 0.15) is 39.5 Å². The number of nitrogens with two attached hydrogens (primary N) is 1. The largest absolute Gasteiger partial charge is 0.380 e. The predicted molar refractivity (Wildman–Crippen MR) is 59.3 cm³/mol. The van der Waals surface area contributed by atoms with Gasteiger partial charge in [0.2, 0.25) is 0 Å². The maximum Gasteiger partial charge on any atom is 0.0734 e. The van der Waals surface area contributed by atoms with Gasteiger partial charge in [-0.25, -0.2) is 0 Å². The Morgan fingerprint density at radius 3 is 2.50 bits per heavy atom. The van der Waals surface area contributed by atoms with Gasteiger partial charge in [-0.15, -0.1) is 0 Å². The van der Waals surface area contributed by atoms with Crippen LogP contribution in [0.25, 0.3) is 0 Å². The fourth-order valence-corrected chi connectivity index (χ4v) is 2.14. The van der Waals surface area contributed by atoms with Gasteiger partial charge in [0.25, 0.3) is 0 Å². The van der Waals surface area contributed by atoms with E-state index < -0.39 is 0 Å². The van der Waals surface area contributed by atoms with Crippen LogP contribution in [0.5, 0.6) is 0 Å². The zero-order chi connectivity index (χ0) is 10.6. The molecular weight excluding hydrogens is 176 g/mol. The molecule has 0 aromatic rings. The molecular formula is C11H24N2O. The van der Waals surface area contributed by atoms with Crippen LogP contribution in [0.4, 0.5) is 0 Å². The number of ether oxygens (including phenoxy) is 1. The van der Waals surface area contributed by atoms with E-state index in [0.29, 0.717) is 12.6 Å². The second-order valence-electron chi connectivity index (χ2n) is 4.63. The van der Waals surface area contributed by atoms with Gasteiger partial charge in [-0.05, 0) is 26.7 Å². The molecule has 0 amide bonds. The third-order valence-electron chi connectivity index (χ3n) is 3.56. The lowest BCUT2D eigenvalue weighted by molar-refractivity contribution is 0.0363. The van der Waals surface area contributed by atoms with E-state index in [1.807, 2.05) is 0 Å². The van der Waals surface area contributed by atoms with Crippen molar-refractivity contribution in [2.24, 2.45) is 5.73 Å². The molecule has 0 aromatic carbocycles. The van der Waals surface area contributed by atoms with Crippen LogP contribution in [0, 0.1) is 0 Å². The van der Waals surface area contributed by atoms with Crippen molar-refractivity contribution in [3.8, 4) is 0 Å². The third kappa shape index (κ3) is 2.69. The smallest absolute Gasteiger partial charge is 0.0734 e. The molecule has 0 saturated heterocycles. The number of hydrogen-bond donors (Lipinski definition) is 2. The summed E-state index contributed by atoms with van der Waals surface area (Å²) in [6.07, 6.45) is 5.42. The van der Waals surface area contributed by atoms with Crippen LogP contribution in [-0.4, -0.2) is 31.3 Å². The van der Waals surface area contributed by atoms with Crippen molar-refractivity contribution < 1.29 is 4.74 Å². The summed E-state index contributed by atoms with van der Waals surface area (Å²) in [5, 5.41) is 3.64. The van der Waals surface area contributed by atoms with E-state index in [1.165, 1.54) is 25.7 Å². The molecule has 1 aliphatic rings. The number of hydrogen-bond acceptors (Lipinski definition) is 3. The fraction of sp³-hybridized carbons (Fsp3) is 1.00. The molecule has 3 nitrogen and oxygen atoms in total. The van der Waals surface area contributed by atoms with Gasteiger partial charge in [0.15, 0.2) is 0 Å². The monoisotopic (exact) mass is 200 g/mol. The molecule has 0 heterocycles. The van der Waals surface area contributed by atoms with E-state index in [2.05, 4.69) is 19.2 Å². The van der Waals surface area contributed by atoms with Crippen LogP contribution in [0.3, 0.4) is 0 Å². The van der Waals surface area contributed by atoms with Crippen LogP contribution < -0.4 is 11.1 Å². The second-order valence-corrected chi connectivity index (χ2v) is 4.63. The zero-order valence-corrected chi connectivity index (χ0v) is 9.68. The molecule has 0 spiro atoms. The molecule has 2 atom stereocenters. The molecule has 1 saturated carbocycles. The van der Waals surface area contributed by atoms with E-state index >= 15 is 0 Å². The average molecular weight is 200 g/mol. The van der Waals surface area contributed by atoms with Gasteiger partial charge in [-0.3, -0.25) is 0 Å². The Labute approximate surface area is 87.4 Å². The average Bonchev–Trinajstić information content (AvgIpc) is 2.68. The summed E-state index contributed by atoms with van der Waals surface area (Å²) >= 11 is 0. The van der Waals surface area contributed by atoms with Crippen molar-refractivity contribution in [2.45, 2.75) is 57.2 Å². The van der Waals surface area contributed by atoms with Crippen LogP contribution in [0.15, 0.2) is 0 Å². The lowest BCUT2D eigenvalue weighted by atomic mass is 9.94. The highest BCUT2D eigenvalue weighted by atomic mass is 16.5. The minimum absolute atomic E-state index is 0.0796. The fourth-order valence-electron chi connectivity index (χ4n) is 2.14. The SMILES string of the molecule is COC(C)C(C)(CN)NC1CCCC1. The number of rotatable bonds is 5. The highest BCUT2D eigenvalue weighted by Crippen LogP contribution is 2.22. The molecule has 14 heavy (non-hydrogen) atoms. The summed E-state index contributed by atoms with van der Waals surface area (Å²) < 4.78 is 5.37. The molecule has 3 N–H and O–H groups in total. The van der Waals surface area contributed by atoms with Gasteiger partial charge in [0.05, 0.1) is 11.6 Å². The van der Waals surface area contributed by atoms with Crippen LogP contribution in [0.2, 0.25) is 0 Å². The lowest BCUT2D eigenvalue weighted by Gasteiger charge is -2.37. The lowest BCUT2D eigenvalue weighted by Crippen LogP contribution is -2.59. The third-order valence-corrected chi connectivity index (χ3v) is 3.56. The summed E-state index contributed by atoms with van der Waals surface area (Å²) in [5.41, 5.74) is 5.74. The molecule has 3 heteroatoms. The first-order valence-corrected chi connectivity index (χ1v) is 5.63. The van der Waals surface area contributed by atoms with Gasteiger partial charge < -0.3 is 15.8 Å². The van der Waals surface area contributed by atoms with E-state index in [0.717, 1.165) is 0 Å². The summed E-state index contributed by atoms with van der Waals surface area (Å²) in [7, 11) is 1.74. The summed E-state index contributed by atoms with van der Waals surface area (Å²) in [4.78, 5) is 0. The van der Waals surface area contributed by atoms with Gasteiger partial charge in [-0.2, -0.15) is 0 Å². The molecule has 1 rings (SSSR count). The number of methoxy groups -OCH3 is 1. The van der Waals surface area contributed by atoms with Gasteiger partial charge in [0, 0.05) is 19.7 Å². The van der Waals surface area contributed by atoms with Gasteiger partial charge >= 0.3 is 0 Å². The van der Waals surface area contributed by atoms with Gasteiger partial charge in [-0.1, -0.05) is 12.8 Å². The van der Waals surface area contributed by atoms with Crippen molar-refractivity contribution in [3.63, 3.8) is 0 Å². The first-order valence-electron chi connectivity index (χ1n) is 5.63. The summed E-state index contributed by atoms with van der Waals surface area (Å²) in [6, 6.07) is 0.640. The van der Waals surface area contributed by atoms with Crippen LogP contribution in [-0.2, 0) is 4.74 Å². The quantitative estimate of drug-likeness (QED) is 0.702. The summed E-state index contributed by atoms with van der Waals surface area (Å²) in [6.45, 7) is 4.85. The van der Waals surface area contributed by atoms with Crippen molar-refractivity contribution in [1.29, 1.82) is 0 Å². The molecule has 2 unspecified atom stereocenters. The molecule has 0 bridgehead atoms. The summed E-state index contributed by atoms with van der Waals surface area (Å²) in [5.74, 6) is 0. The molecule has 0 aliphatic heterocycles. The Bertz CT molecular complexity index is 169. The predicted octanol–water partition coefficient (Wildman–Crippen LogP) is 1.27. The minimum Gasteiger partial charge on any atom is -0.380 e. The van der Waals surface area contributed by atoms with Crippen molar-refractivity contribution in [1.82, 2.24) is 5.32 Å². The Hall–Kier alpha value is -0.120. The van der Waals surface area contributed by atoms with E-state index in [4.69, 9.17) is 10.5 Å². The number of nitrogens with one attached hydrogen (secondary N) is 1. The Kier molecular flexibility index (Phi) is 4.35. The Morgan fingerprint density at radius 1 is 1.50 bits per heavy atom. The first-order chi connectivity index (χ1) is 6.62. The standard InChI is InChI=1S/C11H24N2O/c1-9(14-3)11(2,8-12)13-10-6-4-5-7-10/h9-10,13H,4-8,12H2,1-3H3. The van der Waals surface area contributed by atoms with Crippen molar-refractivity contribution in [2.75, 3.05) is 13.7 Å². The maximum atomic E-state index is 5.82.